The molecule has 0 fully saturated rings. The second-order valence-corrected chi connectivity index (χ2v) is 4.38. The fourth-order valence-corrected chi connectivity index (χ4v) is 3.07. The van der Waals surface area contributed by atoms with Crippen LogP contribution in [0.15, 0.2) is 22.4 Å². The Bertz CT molecular complexity index is 445. The fraction of sp³-hybridized carbons (Fsp3) is 0.200. The minimum absolute atomic E-state index is 0.832. The molecule has 0 aliphatic rings. The van der Waals surface area contributed by atoms with Gasteiger partial charge in [-0.25, -0.2) is 0 Å². The van der Waals surface area contributed by atoms with E-state index in [2.05, 4.69) is 31.0 Å². The number of nitrogen functional groups attached to an aromatic ring is 1. The summed E-state index contributed by atoms with van der Waals surface area (Å²) in [5, 5.41) is 3.24. The highest BCUT2D eigenvalue weighted by Crippen LogP contribution is 2.34. The van der Waals surface area contributed by atoms with E-state index in [1.807, 2.05) is 6.07 Å². The maximum atomic E-state index is 5.88. The summed E-state index contributed by atoms with van der Waals surface area (Å²) in [7, 11) is 0. The molecule has 2 N–H and O–H groups in total. The van der Waals surface area contributed by atoms with E-state index < -0.39 is 0 Å². The summed E-state index contributed by atoms with van der Waals surface area (Å²) in [6, 6.07) is 4.01. The molecule has 13 heavy (non-hydrogen) atoms. The van der Waals surface area contributed by atoms with E-state index in [4.69, 9.17) is 5.73 Å². The first-order chi connectivity index (χ1) is 6.24. The van der Waals surface area contributed by atoms with E-state index in [1.54, 1.807) is 11.3 Å². The van der Waals surface area contributed by atoms with Gasteiger partial charge in [0.05, 0.1) is 0 Å². The second kappa shape index (κ2) is 3.24. The van der Waals surface area contributed by atoms with Gasteiger partial charge in [-0.1, -0.05) is 6.92 Å². The lowest BCUT2D eigenvalue weighted by Gasteiger charge is -2.05. The lowest BCUT2D eigenvalue weighted by molar-refractivity contribution is 1.11. The molecule has 1 aromatic heterocycles. The molecule has 0 unspecified atom stereocenters. The number of hydrogen-bond acceptors (Lipinski definition) is 3. The minimum Gasteiger partial charge on any atom is -0.398 e. The van der Waals surface area contributed by atoms with Crippen molar-refractivity contribution < 1.29 is 0 Å². The molecule has 0 atom stereocenters. The van der Waals surface area contributed by atoms with E-state index in [1.165, 1.54) is 15.6 Å². The molecule has 0 radical (unpaired) electrons. The molecule has 0 bridgehead atoms. The molecule has 3 heteroatoms. The van der Waals surface area contributed by atoms with Gasteiger partial charge in [-0.2, -0.15) is 0 Å². The minimum atomic E-state index is 0.832. The molecule has 0 aliphatic heterocycles. The molecule has 2 aromatic rings. The molecule has 0 amide bonds. The van der Waals surface area contributed by atoms with Crippen LogP contribution in [0.4, 0.5) is 5.69 Å². The molecule has 0 saturated heterocycles. The molecule has 1 nitrogen and oxygen atoms in total. The Morgan fingerprint density at radius 1 is 1.54 bits per heavy atom. The van der Waals surface area contributed by atoms with E-state index >= 15 is 0 Å². The Labute approximate surface area is 87.0 Å². The van der Waals surface area contributed by atoms with Crippen molar-refractivity contribution in [3.8, 4) is 0 Å². The van der Waals surface area contributed by atoms with Gasteiger partial charge in [-0.3, -0.25) is 0 Å². The lowest BCUT2D eigenvalue weighted by atomic mass is 10.1. The van der Waals surface area contributed by atoms with Crippen LogP contribution < -0.4 is 5.73 Å². The standard InChI is InChI=1S/C10H11NS2/c1-2-6-9(12)5-8(11)7-3-4-13-10(6)7/h3-5,12H,2,11H2,1H3. The van der Waals surface area contributed by atoms with Crippen molar-refractivity contribution >= 4 is 39.7 Å². The predicted octanol–water partition coefficient (Wildman–Crippen LogP) is 3.33. The lowest BCUT2D eigenvalue weighted by Crippen LogP contribution is -1.90. The van der Waals surface area contributed by atoms with Crippen LogP contribution in [0.5, 0.6) is 0 Å². The topological polar surface area (TPSA) is 26.0 Å². The number of hydrogen-bond donors (Lipinski definition) is 2. The largest absolute Gasteiger partial charge is 0.398 e. The van der Waals surface area contributed by atoms with Gasteiger partial charge in [-0.05, 0) is 29.5 Å². The van der Waals surface area contributed by atoms with Gasteiger partial charge in [0.2, 0.25) is 0 Å². The summed E-state index contributed by atoms with van der Waals surface area (Å²) in [5.74, 6) is 0. The molecule has 0 spiro atoms. The monoisotopic (exact) mass is 209 g/mol. The molecule has 68 valence electrons. The number of thiol groups is 1. The van der Waals surface area contributed by atoms with Crippen LogP contribution in [0.3, 0.4) is 0 Å². The van der Waals surface area contributed by atoms with E-state index in [-0.39, 0.29) is 0 Å². The van der Waals surface area contributed by atoms with Crippen molar-refractivity contribution in [2.45, 2.75) is 18.2 Å². The highest BCUT2D eigenvalue weighted by molar-refractivity contribution is 7.80. The van der Waals surface area contributed by atoms with Crippen molar-refractivity contribution in [1.82, 2.24) is 0 Å². The van der Waals surface area contributed by atoms with Gasteiger partial charge in [-0.15, -0.1) is 24.0 Å². The highest BCUT2D eigenvalue weighted by atomic mass is 32.1. The van der Waals surface area contributed by atoms with Crippen LogP contribution in [0.2, 0.25) is 0 Å². The summed E-state index contributed by atoms with van der Waals surface area (Å²) >= 11 is 6.16. The normalized spacial score (nSPS) is 10.9. The Balaban J connectivity index is 2.88. The highest BCUT2D eigenvalue weighted by Gasteiger charge is 2.07. The maximum Gasteiger partial charge on any atom is 0.0413 e. The fourth-order valence-electron chi connectivity index (χ4n) is 1.54. The first kappa shape index (κ1) is 8.91. The summed E-state index contributed by atoms with van der Waals surface area (Å²) in [6.45, 7) is 2.14. The zero-order valence-electron chi connectivity index (χ0n) is 7.37. The number of benzene rings is 1. The first-order valence-corrected chi connectivity index (χ1v) is 5.54. The van der Waals surface area contributed by atoms with Gasteiger partial charge in [0, 0.05) is 20.7 Å². The predicted molar refractivity (Wildman–Crippen MR) is 62.9 cm³/mol. The van der Waals surface area contributed by atoms with Crippen LogP contribution in [-0.2, 0) is 6.42 Å². The molecule has 1 heterocycles. The average molecular weight is 209 g/mol. The van der Waals surface area contributed by atoms with Crippen LogP contribution in [0.25, 0.3) is 10.1 Å². The Morgan fingerprint density at radius 2 is 2.31 bits per heavy atom. The zero-order valence-corrected chi connectivity index (χ0v) is 9.08. The quantitative estimate of drug-likeness (QED) is 0.547. The third-order valence-electron chi connectivity index (χ3n) is 2.21. The van der Waals surface area contributed by atoms with E-state index in [9.17, 15) is 0 Å². The second-order valence-electron chi connectivity index (χ2n) is 2.98. The summed E-state index contributed by atoms with van der Waals surface area (Å²) in [5.41, 5.74) is 8.02. The van der Waals surface area contributed by atoms with Crippen molar-refractivity contribution in [3.63, 3.8) is 0 Å². The van der Waals surface area contributed by atoms with Crippen molar-refractivity contribution in [1.29, 1.82) is 0 Å². The Hall–Kier alpha value is -0.670. The number of anilines is 1. The number of thiophene rings is 1. The third kappa shape index (κ3) is 1.32. The summed E-state index contributed by atoms with van der Waals surface area (Å²) in [6.07, 6.45) is 1.01. The maximum absolute atomic E-state index is 5.88. The van der Waals surface area contributed by atoms with Crippen LogP contribution in [0, 0.1) is 0 Å². The first-order valence-electron chi connectivity index (χ1n) is 4.21. The van der Waals surface area contributed by atoms with Crippen LogP contribution >= 0.6 is 24.0 Å². The number of aryl methyl sites for hydroxylation is 1. The van der Waals surface area contributed by atoms with Gasteiger partial charge in [0.15, 0.2) is 0 Å². The molecule has 0 saturated carbocycles. The van der Waals surface area contributed by atoms with Gasteiger partial charge >= 0.3 is 0 Å². The Kier molecular flexibility index (Phi) is 2.22. The van der Waals surface area contributed by atoms with E-state index in [0.29, 0.717) is 0 Å². The van der Waals surface area contributed by atoms with E-state index in [0.717, 1.165) is 17.0 Å². The summed E-state index contributed by atoms with van der Waals surface area (Å²) < 4.78 is 1.28. The molecular weight excluding hydrogens is 198 g/mol. The van der Waals surface area contributed by atoms with Crippen molar-refractivity contribution in [3.05, 3.63) is 23.1 Å². The zero-order chi connectivity index (χ0) is 9.42. The summed E-state index contributed by atoms with van der Waals surface area (Å²) in [4.78, 5) is 1.01. The van der Waals surface area contributed by atoms with Crippen LogP contribution in [-0.4, -0.2) is 0 Å². The van der Waals surface area contributed by atoms with Gasteiger partial charge in [0.1, 0.15) is 0 Å². The van der Waals surface area contributed by atoms with Gasteiger partial charge < -0.3 is 5.73 Å². The third-order valence-corrected chi connectivity index (χ3v) is 3.58. The Morgan fingerprint density at radius 3 is 3.00 bits per heavy atom. The van der Waals surface area contributed by atoms with Crippen molar-refractivity contribution in [2.24, 2.45) is 0 Å². The van der Waals surface area contributed by atoms with Gasteiger partial charge in [0.25, 0.3) is 0 Å². The molecule has 0 aliphatic carbocycles. The number of rotatable bonds is 1. The number of nitrogens with two attached hydrogens (primary N) is 1. The molecule has 1 aromatic carbocycles. The number of fused-ring (bicyclic) bond motifs is 1. The average Bonchev–Trinajstić information content (AvgIpc) is 2.53. The van der Waals surface area contributed by atoms with Crippen LogP contribution in [0.1, 0.15) is 12.5 Å². The SMILES string of the molecule is CCc1c(S)cc(N)c2ccsc12. The van der Waals surface area contributed by atoms with Crippen molar-refractivity contribution in [2.75, 3.05) is 5.73 Å². The smallest absolute Gasteiger partial charge is 0.0413 e. The molecule has 2 rings (SSSR count). The molecular formula is C10H11NS2.